The summed E-state index contributed by atoms with van der Waals surface area (Å²) in [6.07, 6.45) is 4.82. The highest BCUT2D eigenvalue weighted by atomic mass is 32.2. The highest BCUT2D eigenvalue weighted by Crippen LogP contribution is 2.34. The third-order valence-corrected chi connectivity index (χ3v) is 7.30. The maximum Gasteiger partial charge on any atom is 0.291 e. The van der Waals surface area contributed by atoms with Gasteiger partial charge in [-0.25, -0.2) is 9.67 Å². The Kier molecular flexibility index (Phi) is 4.07. The number of hydrogen-bond donors (Lipinski definition) is 1. The molecule has 0 aliphatic carbocycles. The summed E-state index contributed by atoms with van der Waals surface area (Å²) >= 11 is 3.24. The lowest BCUT2D eigenvalue weighted by molar-refractivity contribution is 0.611. The minimum Gasteiger partial charge on any atom is -0.323 e. The summed E-state index contributed by atoms with van der Waals surface area (Å²) in [5.74, 6) is 0. The molecule has 5 rings (SSSR count). The fourth-order valence-corrected chi connectivity index (χ4v) is 5.49. The van der Waals surface area contributed by atoms with Gasteiger partial charge in [0, 0.05) is 19.0 Å². The third-order valence-electron chi connectivity index (χ3n) is 5.24. The summed E-state index contributed by atoms with van der Waals surface area (Å²) in [5, 5.41) is 8.79. The quantitative estimate of drug-likeness (QED) is 0.539. The van der Waals surface area contributed by atoms with Gasteiger partial charge in [-0.05, 0) is 35.9 Å². The van der Waals surface area contributed by atoms with Crippen LogP contribution in [0.5, 0.6) is 0 Å². The van der Waals surface area contributed by atoms with Crippen LogP contribution in [0, 0.1) is 0 Å². The van der Waals surface area contributed by atoms with E-state index in [2.05, 4.69) is 33.6 Å². The topological polar surface area (TPSA) is 64.7 Å². The Morgan fingerprint density at radius 2 is 2.26 bits per heavy atom. The minimum atomic E-state index is -0.0579. The van der Waals surface area contributed by atoms with E-state index < -0.39 is 0 Å². The van der Waals surface area contributed by atoms with Gasteiger partial charge in [-0.15, -0.1) is 11.3 Å². The Morgan fingerprint density at radius 1 is 1.37 bits per heavy atom. The number of thioether (sulfide) groups is 1. The van der Waals surface area contributed by atoms with Gasteiger partial charge in [0.2, 0.25) is 0 Å². The van der Waals surface area contributed by atoms with Gasteiger partial charge < -0.3 is 9.88 Å². The SMILES string of the molecule is CSc1nc2c(s1)c1cnn(Cc3cccc4c3CCNC4)c(=O)c1n2C. The van der Waals surface area contributed by atoms with E-state index in [-0.39, 0.29) is 5.56 Å². The Hall–Kier alpha value is -2.16. The van der Waals surface area contributed by atoms with Crippen molar-refractivity contribution in [1.29, 1.82) is 0 Å². The van der Waals surface area contributed by atoms with E-state index in [4.69, 9.17) is 0 Å². The molecule has 0 unspecified atom stereocenters. The van der Waals surface area contributed by atoms with Gasteiger partial charge in [-0.3, -0.25) is 4.79 Å². The van der Waals surface area contributed by atoms with E-state index in [1.807, 2.05) is 24.1 Å². The molecule has 1 N–H and O–H groups in total. The van der Waals surface area contributed by atoms with Crippen molar-refractivity contribution in [3.63, 3.8) is 0 Å². The summed E-state index contributed by atoms with van der Waals surface area (Å²) in [7, 11) is 1.91. The van der Waals surface area contributed by atoms with E-state index in [9.17, 15) is 4.79 Å². The van der Waals surface area contributed by atoms with E-state index >= 15 is 0 Å². The smallest absolute Gasteiger partial charge is 0.291 e. The van der Waals surface area contributed by atoms with Crippen LogP contribution in [-0.4, -0.2) is 32.1 Å². The number of benzene rings is 1. The highest BCUT2D eigenvalue weighted by Gasteiger charge is 2.19. The average molecular weight is 398 g/mol. The minimum absolute atomic E-state index is 0.0579. The maximum absolute atomic E-state index is 13.2. The molecule has 4 heterocycles. The lowest BCUT2D eigenvalue weighted by atomic mass is 9.95. The Bertz CT molecular complexity index is 1240. The number of fused-ring (bicyclic) bond motifs is 4. The van der Waals surface area contributed by atoms with Crippen LogP contribution in [0.15, 0.2) is 33.5 Å². The lowest BCUT2D eigenvalue weighted by Crippen LogP contribution is -2.28. The predicted octanol–water partition coefficient (Wildman–Crippen LogP) is 2.76. The molecule has 8 heteroatoms. The monoisotopic (exact) mass is 397 g/mol. The van der Waals surface area contributed by atoms with Crippen molar-refractivity contribution >= 4 is 44.3 Å². The maximum atomic E-state index is 13.2. The zero-order valence-electron chi connectivity index (χ0n) is 15.2. The molecule has 1 aromatic carbocycles. The summed E-state index contributed by atoms with van der Waals surface area (Å²) in [6, 6.07) is 6.33. The van der Waals surface area contributed by atoms with Gasteiger partial charge in [0.1, 0.15) is 5.52 Å². The molecule has 1 aliphatic rings. The first-order valence-electron chi connectivity index (χ1n) is 8.86. The van der Waals surface area contributed by atoms with Crippen molar-refractivity contribution in [2.75, 3.05) is 12.8 Å². The molecule has 0 saturated carbocycles. The number of nitrogens with zero attached hydrogens (tertiary/aromatic N) is 4. The molecular formula is C19H19N5OS2. The van der Waals surface area contributed by atoms with Crippen LogP contribution in [0.1, 0.15) is 16.7 Å². The molecule has 6 nitrogen and oxygen atoms in total. The zero-order valence-corrected chi connectivity index (χ0v) is 16.8. The van der Waals surface area contributed by atoms with Gasteiger partial charge >= 0.3 is 0 Å². The van der Waals surface area contributed by atoms with E-state index in [1.165, 1.54) is 16.7 Å². The number of thiazole rings is 1. The molecule has 0 atom stereocenters. The molecule has 0 radical (unpaired) electrons. The lowest BCUT2D eigenvalue weighted by Gasteiger charge is -2.20. The number of hydrogen-bond acceptors (Lipinski definition) is 6. The highest BCUT2D eigenvalue weighted by molar-refractivity contribution is 8.00. The molecule has 27 heavy (non-hydrogen) atoms. The van der Waals surface area contributed by atoms with Crippen molar-refractivity contribution in [3.05, 3.63) is 51.4 Å². The molecule has 0 bridgehead atoms. The second-order valence-corrected chi connectivity index (χ2v) is 8.80. The van der Waals surface area contributed by atoms with Crippen molar-refractivity contribution < 1.29 is 0 Å². The number of rotatable bonds is 3. The van der Waals surface area contributed by atoms with Gasteiger partial charge in [0.15, 0.2) is 9.99 Å². The summed E-state index contributed by atoms with van der Waals surface area (Å²) in [6.45, 7) is 2.37. The van der Waals surface area contributed by atoms with Crippen LogP contribution >= 0.6 is 23.1 Å². The van der Waals surface area contributed by atoms with Crippen LogP contribution in [0.25, 0.3) is 21.3 Å². The first kappa shape index (κ1) is 17.0. The molecule has 0 fully saturated rings. The number of aryl methyl sites for hydroxylation is 1. The molecule has 3 aromatic heterocycles. The van der Waals surface area contributed by atoms with Crippen LogP contribution < -0.4 is 10.9 Å². The molecule has 0 amide bonds. The fourth-order valence-electron chi connectivity index (χ4n) is 3.89. The summed E-state index contributed by atoms with van der Waals surface area (Å²) in [4.78, 5) is 17.8. The largest absolute Gasteiger partial charge is 0.323 e. The average Bonchev–Trinajstić information content (AvgIpc) is 3.23. The van der Waals surface area contributed by atoms with E-state index in [1.54, 1.807) is 27.8 Å². The summed E-state index contributed by atoms with van der Waals surface area (Å²) in [5.41, 5.74) is 5.33. The summed E-state index contributed by atoms with van der Waals surface area (Å²) < 4.78 is 5.54. The number of aromatic nitrogens is 4. The van der Waals surface area contributed by atoms with Crippen molar-refractivity contribution in [1.82, 2.24) is 24.6 Å². The zero-order chi connectivity index (χ0) is 18.5. The molecular weight excluding hydrogens is 378 g/mol. The third kappa shape index (κ3) is 2.62. The fraction of sp³-hybridized carbons (Fsp3) is 0.316. The van der Waals surface area contributed by atoms with Gasteiger partial charge in [-0.1, -0.05) is 30.0 Å². The molecule has 0 spiro atoms. The Morgan fingerprint density at radius 3 is 3.11 bits per heavy atom. The van der Waals surface area contributed by atoms with Gasteiger partial charge in [0.25, 0.3) is 5.56 Å². The van der Waals surface area contributed by atoms with Crippen molar-refractivity contribution in [2.24, 2.45) is 7.05 Å². The normalized spacial score (nSPS) is 14.1. The second kappa shape index (κ2) is 6.47. The predicted molar refractivity (Wildman–Crippen MR) is 111 cm³/mol. The standard InChI is InChI=1S/C19H19N5OS2/c1-23-15-14(16-17(23)22-19(26-2)27-16)9-21-24(18(15)25)10-12-5-3-4-11-8-20-7-6-13(11)12/h3-5,9,20H,6-8,10H2,1-2H3. The van der Waals surface area contributed by atoms with Gasteiger partial charge in [0.05, 0.1) is 17.4 Å². The molecule has 1 aliphatic heterocycles. The van der Waals surface area contributed by atoms with E-state index in [0.717, 1.165) is 39.6 Å². The van der Waals surface area contributed by atoms with Crippen LogP contribution in [0.3, 0.4) is 0 Å². The molecule has 138 valence electrons. The van der Waals surface area contributed by atoms with Crippen molar-refractivity contribution in [2.45, 2.75) is 23.8 Å². The number of nitrogens with one attached hydrogen (secondary N) is 1. The van der Waals surface area contributed by atoms with Crippen LogP contribution in [0.2, 0.25) is 0 Å². The van der Waals surface area contributed by atoms with E-state index in [0.29, 0.717) is 12.1 Å². The Labute approximate surface area is 164 Å². The van der Waals surface area contributed by atoms with Crippen molar-refractivity contribution in [3.8, 4) is 0 Å². The molecule has 4 aromatic rings. The first-order chi connectivity index (χ1) is 13.2. The van der Waals surface area contributed by atoms with Crippen LogP contribution in [-0.2, 0) is 26.6 Å². The second-order valence-electron chi connectivity index (χ2n) is 6.75. The van der Waals surface area contributed by atoms with Crippen LogP contribution in [0.4, 0.5) is 0 Å². The first-order valence-corrected chi connectivity index (χ1v) is 10.9. The van der Waals surface area contributed by atoms with Gasteiger partial charge in [-0.2, -0.15) is 5.10 Å². The Balaban J connectivity index is 1.64. The molecule has 0 saturated heterocycles.